The molecule has 0 radical (unpaired) electrons. The van der Waals surface area contributed by atoms with Gasteiger partial charge in [0.1, 0.15) is 5.69 Å². The quantitative estimate of drug-likeness (QED) is 0.800. The number of ether oxygens (including phenoxy) is 1. The lowest BCUT2D eigenvalue weighted by molar-refractivity contribution is -0.142. The predicted octanol–water partition coefficient (Wildman–Crippen LogP) is 2.45. The molecule has 0 spiro atoms. The lowest BCUT2D eigenvalue weighted by Gasteiger charge is -2.32. The van der Waals surface area contributed by atoms with Crippen LogP contribution in [0.15, 0.2) is 35.2 Å². The van der Waals surface area contributed by atoms with E-state index in [0.717, 1.165) is 11.3 Å². The zero-order valence-electron chi connectivity index (χ0n) is 11.5. The molecule has 0 unspecified atom stereocenters. The van der Waals surface area contributed by atoms with Crippen LogP contribution in [0.1, 0.15) is 28.4 Å². The van der Waals surface area contributed by atoms with Gasteiger partial charge in [-0.1, -0.05) is 18.2 Å². The molecule has 3 rings (SSSR count). The highest BCUT2D eigenvalue weighted by Gasteiger charge is 2.33. The molecule has 1 aromatic heterocycles. The predicted molar refractivity (Wildman–Crippen MR) is 79.6 cm³/mol. The lowest BCUT2D eigenvalue weighted by atomic mass is 9.90. The van der Waals surface area contributed by atoms with Crippen LogP contribution in [0.25, 0.3) is 0 Å². The minimum atomic E-state index is -0.314. The van der Waals surface area contributed by atoms with Crippen LogP contribution in [0, 0.1) is 0 Å². The van der Waals surface area contributed by atoms with Crippen molar-refractivity contribution in [3.05, 3.63) is 46.4 Å². The SMILES string of the molecule is COC(=O)[C@@H]1CCN(C(=O)c2cscn2)c2ccccc21. The Morgan fingerprint density at radius 1 is 1.38 bits per heavy atom. The van der Waals surface area contributed by atoms with Crippen molar-refractivity contribution in [2.24, 2.45) is 0 Å². The van der Waals surface area contributed by atoms with Gasteiger partial charge in [-0.05, 0) is 18.1 Å². The number of hydrogen-bond donors (Lipinski definition) is 0. The van der Waals surface area contributed by atoms with E-state index in [4.69, 9.17) is 4.74 Å². The first kappa shape index (κ1) is 13.8. The Kier molecular flexibility index (Phi) is 3.70. The summed E-state index contributed by atoms with van der Waals surface area (Å²) >= 11 is 1.39. The number of aromatic nitrogens is 1. The number of benzene rings is 1. The number of carbonyl (C=O) groups is 2. The van der Waals surface area contributed by atoms with Crippen LogP contribution in [0.3, 0.4) is 0 Å². The molecule has 0 saturated carbocycles. The maximum absolute atomic E-state index is 12.5. The van der Waals surface area contributed by atoms with Crippen molar-refractivity contribution in [3.63, 3.8) is 0 Å². The van der Waals surface area contributed by atoms with E-state index in [1.807, 2.05) is 24.3 Å². The first-order chi connectivity index (χ1) is 10.2. The summed E-state index contributed by atoms with van der Waals surface area (Å²) < 4.78 is 4.86. The van der Waals surface area contributed by atoms with E-state index in [1.165, 1.54) is 18.4 Å². The number of para-hydroxylation sites is 1. The molecule has 5 nitrogen and oxygen atoms in total. The van der Waals surface area contributed by atoms with Crippen LogP contribution >= 0.6 is 11.3 Å². The van der Waals surface area contributed by atoms with Gasteiger partial charge in [0, 0.05) is 17.6 Å². The van der Waals surface area contributed by atoms with Crippen LogP contribution in [0.2, 0.25) is 0 Å². The molecule has 2 aromatic rings. The molecular formula is C15H14N2O3S. The smallest absolute Gasteiger partial charge is 0.313 e. The van der Waals surface area contributed by atoms with Gasteiger partial charge in [0.15, 0.2) is 0 Å². The van der Waals surface area contributed by atoms with Gasteiger partial charge in [0.25, 0.3) is 5.91 Å². The molecular weight excluding hydrogens is 288 g/mol. The van der Waals surface area contributed by atoms with E-state index in [1.54, 1.807) is 15.8 Å². The minimum Gasteiger partial charge on any atom is -0.469 e. The van der Waals surface area contributed by atoms with E-state index in [2.05, 4.69) is 4.98 Å². The van der Waals surface area contributed by atoms with Gasteiger partial charge >= 0.3 is 5.97 Å². The number of thiazole rings is 1. The molecule has 0 bridgehead atoms. The first-order valence-electron chi connectivity index (χ1n) is 6.59. The zero-order chi connectivity index (χ0) is 14.8. The Morgan fingerprint density at radius 2 is 2.19 bits per heavy atom. The molecule has 0 saturated heterocycles. The second kappa shape index (κ2) is 5.65. The fourth-order valence-corrected chi connectivity index (χ4v) is 3.14. The van der Waals surface area contributed by atoms with Crippen molar-refractivity contribution in [3.8, 4) is 0 Å². The fraction of sp³-hybridized carbons (Fsp3) is 0.267. The molecule has 21 heavy (non-hydrogen) atoms. The number of carbonyl (C=O) groups excluding carboxylic acids is 2. The zero-order valence-corrected chi connectivity index (χ0v) is 12.3. The van der Waals surface area contributed by atoms with E-state index >= 15 is 0 Å². The maximum atomic E-state index is 12.5. The Labute approximate surface area is 126 Å². The average Bonchev–Trinajstić information content (AvgIpc) is 3.07. The Hall–Kier alpha value is -2.21. The van der Waals surface area contributed by atoms with Gasteiger partial charge < -0.3 is 9.64 Å². The third-order valence-electron chi connectivity index (χ3n) is 3.63. The summed E-state index contributed by atoms with van der Waals surface area (Å²) in [6.45, 7) is 0.479. The Morgan fingerprint density at radius 3 is 2.90 bits per heavy atom. The number of fused-ring (bicyclic) bond motifs is 1. The molecule has 0 fully saturated rings. The largest absolute Gasteiger partial charge is 0.469 e. The third-order valence-corrected chi connectivity index (χ3v) is 4.21. The Bertz CT molecular complexity index is 669. The molecule has 1 aromatic carbocycles. The van der Waals surface area contributed by atoms with E-state index < -0.39 is 0 Å². The monoisotopic (exact) mass is 302 g/mol. The number of hydrogen-bond acceptors (Lipinski definition) is 5. The van der Waals surface area contributed by atoms with Crippen molar-refractivity contribution in [2.75, 3.05) is 18.6 Å². The first-order valence-corrected chi connectivity index (χ1v) is 7.53. The van der Waals surface area contributed by atoms with E-state index in [0.29, 0.717) is 18.7 Å². The highest BCUT2D eigenvalue weighted by molar-refractivity contribution is 7.07. The third kappa shape index (κ3) is 2.42. The van der Waals surface area contributed by atoms with Crippen molar-refractivity contribution in [2.45, 2.75) is 12.3 Å². The van der Waals surface area contributed by atoms with E-state index in [9.17, 15) is 9.59 Å². The summed E-state index contributed by atoms with van der Waals surface area (Å²) in [5, 5.41) is 1.73. The van der Waals surface area contributed by atoms with Crippen LogP contribution in [-0.2, 0) is 9.53 Å². The molecule has 6 heteroatoms. The summed E-state index contributed by atoms with van der Waals surface area (Å²) in [7, 11) is 1.39. The van der Waals surface area contributed by atoms with Gasteiger partial charge in [-0.2, -0.15) is 0 Å². The van der Waals surface area contributed by atoms with Crippen molar-refractivity contribution >= 4 is 28.9 Å². The molecule has 1 amide bonds. The summed E-state index contributed by atoms with van der Waals surface area (Å²) in [4.78, 5) is 30.2. The van der Waals surface area contributed by atoms with Crippen LogP contribution in [0.4, 0.5) is 5.69 Å². The molecule has 0 aliphatic carbocycles. The molecule has 1 aliphatic heterocycles. The number of esters is 1. The van der Waals surface area contributed by atoms with Gasteiger partial charge in [0.05, 0.1) is 18.5 Å². The number of amides is 1. The molecule has 2 heterocycles. The summed E-state index contributed by atoms with van der Waals surface area (Å²) in [6.07, 6.45) is 0.555. The molecule has 108 valence electrons. The van der Waals surface area contributed by atoms with Crippen LogP contribution < -0.4 is 4.90 Å². The number of methoxy groups -OCH3 is 1. The van der Waals surface area contributed by atoms with Gasteiger partial charge in [-0.3, -0.25) is 9.59 Å². The number of nitrogens with zero attached hydrogens (tertiary/aromatic N) is 2. The Balaban J connectivity index is 1.98. The summed E-state index contributed by atoms with van der Waals surface area (Å²) in [5.41, 5.74) is 3.67. The maximum Gasteiger partial charge on any atom is 0.313 e. The average molecular weight is 302 g/mol. The second-order valence-corrected chi connectivity index (χ2v) is 5.47. The molecule has 1 atom stereocenters. The highest BCUT2D eigenvalue weighted by atomic mass is 32.1. The number of rotatable bonds is 2. The lowest BCUT2D eigenvalue weighted by Crippen LogP contribution is -2.38. The van der Waals surface area contributed by atoms with Crippen LogP contribution in [-0.4, -0.2) is 30.5 Å². The second-order valence-electron chi connectivity index (χ2n) is 4.75. The van der Waals surface area contributed by atoms with Crippen molar-refractivity contribution in [1.29, 1.82) is 0 Å². The summed E-state index contributed by atoms with van der Waals surface area (Å²) in [5.74, 6) is -0.707. The summed E-state index contributed by atoms with van der Waals surface area (Å²) in [6, 6.07) is 7.46. The van der Waals surface area contributed by atoms with E-state index in [-0.39, 0.29) is 17.8 Å². The van der Waals surface area contributed by atoms with Gasteiger partial charge in [0.2, 0.25) is 0 Å². The van der Waals surface area contributed by atoms with Crippen molar-refractivity contribution in [1.82, 2.24) is 4.98 Å². The normalized spacial score (nSPS) is 17.2. The van der Waals surface area contributed by atoms with Crippen molar-refractivity contribution < 1.29 is 14.3 Å². The molecule has 0 N–H and O–H groups in total. The topological polar surface area (TPSA) is 59.5 Å². The van der Waals surface area contributed by atoms with Crippen LogP contribution in [0.5, 0.6) is 0 Å². The minimum absolute atomic E-state index is 0.132. The molecule has 1 aliphatic rings. The number of anilines is 1. The van der Waals surface area contributed by atoms with Gasteiger partial charge in [-0.25, -0.2) is 4.98 Å². The standard InChI is InChI=1S/C15H14N2O3S/c1-20-15(19)11-6-7-17(13-5-3-2-4-10(11)13)14(18)12-8-21-9-16-12/h2-5,8-9,11H,6-7H2,1H3/t11-/m1/s1. The highest BCUT2D eigenvalue weighted by Crippen LogP contribution is 2.36. The fourth-order valence-electron chi connectivity index (χ4n) is 2.62. The van der Waals surface area contributed by atoms with Gasteiger partial charge in [-0.15, -0.1) is 11.3 Å².